The minimum absolute atomic E-state index is 0.444. The molecule has 2 atom stereocenters. The number of carboxylic acids is 1. The highest BCUT2D eigenvalue weighted by Crippen LogP contribution is 2.23. The summed E-state index contributed by atoms with van der Waals surface area (Å²) in [4.78, 5) is 10.9. The molecule has 4 heteroatoms. The smallest absolute Gasteiger partial charge is 0.308 e. The first kappa shape index (κ1) is 12.2. The molecule has 1 aromatic carbocycles. The predicted octanol–water partition coefficient (Wildman–Crippen LogP) is 2.56. The van der Waals surface area contributed by atoms with Crippen molar-refractivity contribution in [3.8, 4) is 0 Å². The molecule has 0 fully saturated rings. The third kappa shape index (κ3) is 3.04. The van der Waals surface area contributed by atoms with Gasteiger partial charge in [0.2, 0.25) is 0 Å². The molecular formula is C11H14BrNO2. The average molecular weight is 272 g/mol. The van der Waals surface area contributed by atoms with E-state index in [9.17, 15) is 4.79 Å². The molecular weight excluding hydrogens is 258 g/mol. The summed E-state index contributed by atoms with van der Waals surface area (Å²) >= 11 is 3.32. The third-order valence-electron chi connectivity index (χ3n) is 2.45. The number of benzene rings is 1. The number of nitrogens with two attached hydrogens (primary N) is 1. The van der Waals surface area contributed by atoms with E-state index in [4.69, 9.17) is 10.8 Å². The first-order chi connectivity index (χ1) is 7.06. The van der Waals surface area contributed by atoms with Gasteiger partial charge >= 0.3 is 5.97 Å². The molecule has 0 saturated carbocycles. The minimum atomic E-state index is -0.840. The van der Waals surface area contributed by atoms with Crippen LogP contribution in [0.3, 0.4) is 0 Å². The van der Waals surface area contributed by atoms with Crippen LogP contribution >= 0.6 is 15.9 Å². The van der Waals surface area contributed by atoms with E-state index < -0.39 is 17.9 Å². The van der Waals surface area contributed by atoms with Crippen LogP contribution in [0.15, 0.2) is 28.7 Å². The zero-order valence-corrected chi connectivity index (χ0v) is 10.1. The van der Waals surface area contributed by atoms with Crippen LogP contribution in [0, 0.1) is 5.92 Å². The van der Waals surface area contributed by atoms with Crippen LogP contribution in [-0.2, 0) is 4.79 Å². The lowest BCUT2D eigenvalue weighted by atomic mass is 9.92. The molecule has 0 aromatic heterocycles. The van der Waals surface area contributed by atoms with Crippen molar-refractivity contribution in [1.29, 1.82) is 0 Å². The molecule has 0 saturated heterocycles. The van der Waals surface area contributed by atoms with Crippen molar-refractivity contribution in [3.05, 3.63) is 34.3 Å². The fourth-order valence-electron chi connectivity index (χ4n) is 1.50. The Kier molecular flexibility index (Phi) is 4.29. The van der Waals surface area contributed by atoms with E-state index in [-0.39, 0.29) is 0 Å². The van der Waals surface area contributed by atoms with E-state index in [1.54, 1.807) is 0 Å². The second-order valence-corrected chi connectivity index (χ2v) is 4.35. The number of hydrogen-bond donors (Lipinski definition) is 2. The van der Waals surface area contributed by atoms with Crippen molar-refractivity contribution >= 4 is 21.9 Å². The Morgan fingerprint density at radius 3 is 2.40 bits per heavy atom. The second kappa shape index (κ2) is 5.28. The molecule has 0 spiro atoms. The van der Waals surface area contributed by atoms with E-state index in [1.165, 1.54) is 0 Å². The van der Waals surface area contributed by atoms with Gasteiger partial charge in [0.05, 0.1) is 5.92 Å². The summed E-state index contributed by atoms with van der Waals surface area (Å²) in [5.41, 5.74) is 6.76. The summed E-state index contributed by atoms with van der Waals surface area (Å²) in [6.45, 7) is 1.83. The lowest BCUT2D eigenvalue weighted by Gasteiger charge is -2.18. The van der Waals surface area contributed by atoms with Gasteiger partial charge in [-0.15, -0.1) is 0 Å². The summed E-state index contributed by atoms with van der Waals surface area (Å²) in [6, 6.07) is 6.98. The molecule has 0 aliphatic rings. The predicted molar refractivity (Wildman–Crippen MR) is 62.5 cm³/mol. The third-order valence-corrected chi connectivity index (χ3v) is 2.97. The highest BCUT2D eigenvalue weighted by Gasteiger charge is 2.24. The standard InChI is InChI=1S/C11H14BrNO2/c1-2-9(11(14)15)10(13)7-3-5-8(12)6-4-7/h3-6,9-10H,2,13H2,1H3,(H,14,15). The van der Waals surface area contributed by atoms with Crippen LogP contribution in [0.1, 0.15) is 24.9 Å². The van der Waals surface area contributed by atoms with Crippen molar-refractivity contribution in [2.75, 3.05) is 0 Å². The molecule has 0 bridgehead atoms. The number of aliphatic carboxylic acids is 1. The second-order valence-electron chi connectivity index (χ2n) is 3.43. The first-order valence-electron chi connectivity index (χ1n) is 4.80. The van der Waals surface area contributed by atoms with Gasteiger partial charge in [0, 0.05) is 10.5 Å². The number of carboxylic acid groups (broad SMARTS) is 1. The van der Waals surface area contributed by atoms with Gasteiger partial charge in [-0.1, -0.05) is 35.0 Å². The quantitative estimate of drug-likeness (QED) is 0.885. The summed E-state index contributed by atoms with van der Waals surface area (Å²) in [5.74, 6) is -1.36. The van der Waals surface area contributed by atoms with Gasteiger partial charge in [0.15, 0.2) is 0 Å². The van der Waals surface area contributed by atoms with Gasteiger partial charge in [0.25, 0.3) is 0 Å². The minimum Gasteiger partial charge on any atom is -0.481 e. The van der Waals surface area contributed by atoms with Crippen LogP contribution < -0.4 is 5.73 Å². The Morgan fingerprint density at radius 2 is 2.00 bits per heavy atom. The number of hydrogen-bond acceptors (Lipinski definition) is 2. The molecule has 0 radical (unpaired) electrons. The fraction of sp³-hybridized carbons (Fsp3) is 0.364. The van der Waals surface area contributed by atoms with E-state index in [0.29, 0.717) is 6.42 Å². The van der Waals surface area contributed by atoms with E-state index in [0.717, 1.165) is 10.0 Å². The van der Waals surface area contributed by atoms with Gasteiger partial charge < -0.3 is 10.8 Å². The molecule has 2 unspecified atom stereocenters. The number of rotatable bonds is 4. The summed E-state index contributed by atoms with van der Waals surface area (Å²) in [6.07, 6.45) is 0.534. The van der Waals surface area contributed by atoms with Crippen molar-refractivity contribution in [2.24, 2.45) is 11.7 Å². The lowest BCUT2D eigenvalue weighted by Crippen LogP contribution is -2.27. The van der Waals surface area contributed by atoms with Crippen molar-refractivity contribution in [3.63, 3.8) is 0 Å². The largest absolute Gasteiger partial charge is 0.481 e. The molecule has 0 heterocycles. The zero-order chi connectivity index (χ0) is 11.4. The lowest BCUT2D eigenvalue weighted by molar-refractivity contribution is -0.142. The van der Waals surface area contributed by atoms with Gasteiger partial charge in [0.1, 0.15) is 0 Å². The van der Waals surface area contributed by atoms with Crippen LogP contribution in [0.25, 0.3) is 0 Å². The van der Waals surface area contributed by atoms with Gasteiger partial charge in [-0.25, -0.2) is 0 Å². The zero-order valence-electron chi connectivity index (χ0n) is 8.48. The van der Waals surface area contributed by atoms with Gasteiger partial charge in [-0.3, -0.25) is 4.79 Å². The van der Waals surface area contributed by atoms with E-state index >= 15 is 0 Å². The Bertz CT molecular complexity index is 337. The van der Waals surface area contributed by atoms with Gasteiger partial charge in [-0.05, 0) is 24.1 Å². The van der Waals surface area contributed by atoms with Crippen LogP contribution in [0.4, 0.5) is 0 Å². The molecule has 15 heavy (non-hydrogen) atoms. The molecule has 0 aliphatic heterocycles. The molecule has 3 nitrogen and oxygen atoms in total. The van der Waals surface area contributed by atoms with Gasteiger partial charge in [-0.2, -0.15) is 0 Å². The number of carbonyl (C=O) groups is 1. The van der Waals surface area contributed by atoms with E-state index in [1.807, 2.05) is 31.2 Å². The highest BCUT2D eigenvalue weighted by molar-refractivity contribution is 9.10. The van der Waals surface area contributed by atoms with Crippen LogP contribution in [0.5, 0.6) is 0 Å². The molecule has 0 amide bonds. The molecule has 3 N–H and O–H groups in total. The molecule has 1 rings (SSSR count). The maximum Gasteiger partial charge on any atom is 0.308 e. The van der Waals surface area contributed by atoms with Crippen molar-refractivity contribution in [2.45, 2.75) is 19.4 Å². The Balaban J connectivity index is 2.87. The van der Waals surface area contributed by atoms with E-state index in [2.05, 4.69) is 15.9 Å². The fourth-order valence-corrected chi connectivity index (χ4v) is 1.76. The summed E-state index contributed by atoms with van der Waals surface area (Å²) < 4.78 is 0.960. The SMILES string of the molecule is CCC(C(=O)O)C(N)c1ccc(Br)cc1. The van der Waals surface area contributed by atoms with Crippen LogP contribution in [-0.4, -0.2) is 11.1 Å². The number of halogens is 1. The topological polar surface area (TPSA) is 63.3 Å². The monoisotopic (exact) mass is 271 g/mol. The van der Waals surface area contributed by atoms with Crippen molar-refractivity contribution in [1.82, 2.24) is 0 Å². The summed E-state index contributed by atoms with van der Waals surface area (Å²) in [7, 11) is 0. The maximum atomic E-state index is 10.9. The highest BCUT2D eigenvalue weighted by atomic mass is 79.9. The first-order valence-corrected chi connectivity index (χ1v) is 5.59. The Hall–Kier alpha value is -0.870. The normalized spacial score (nSPS) is 14.6. The average Bonchev–Trinajstić information content (AvgIpc) is 2.19. The Labute approximate surface area is 97.4 Å². The molecule has 1 aromatic rings. The Morgan fingerprint density at radius 1 is 1.47 bits per heavy atom. The molecule has 82 valence electrons. The summed E-state index contributed by atoms with van der Waals surface area (Å²) in [5, 5.41) is 8.97. The molecule has 0 aliphatic carbocycles. The van der Waals surface area contributed by atoms with Crippen molar-refractivity contribution < 1.29 is 9.90 Å². The van der Waals surface area contributed by atoms with Crippen LogP contribution in [0.2, 0.25) is 0 Å². The maximum absolute atomic E-state index is 10.9.